The van der Waals surface area contributed by atoms with E-state index in [0.29, 0.717) is 41.8 Å². The Kier molecular flexibility index (Phi) is 6.72. The lowest BCUT2D eigenvalue weighted by Crippen LogP contribution is -2.24. The number of methoxy groups -OCH3 is 2. The van der Waals surface area contributed by atoms with Gasteiger partial charge in [0, 0.05) is 5.56 Å². The molecule has 1 atom stereocenters. The van der Waals surface area contributed by atoms with Crippen LogP contribution in [-0.2, 0) is 16.0 Å². The number of nitrogens with zero attached hydrogens (tertiary/aromatic N) is 2. The molecule has 2 heterocycles. The summed E-state index contributed by atoms with van der Waals surface area (Å²) < 4.78 is 18.0. The molecule has 0 fully saturated rings. The summed E-state index contributed by atoms with van der Waals surface area (Å²) in [5.74, 6) is 1.76. The number of rotatable bonds is 9. The molecule has 2 aromatic carbocycles. The van der Waals surface area contributed by atoms with Crippen molar-refractivity contribution in [3.8, 4) is 28.4 Å². The average Bonchev–Trinajstić information content (AvgIpc) is 3.34. The van der Waals surface area contributed by atoms with Crippen molar-refractivity contribution in [2.45, 2.75) is 32.7 Å². The summed E-state index contributed by atoms with van der Waals surface area (Å²) in [6, 6.07) is 12.0. The van der Waals surface area contributed by atoms with Crippen LogP contribution in [0.5, 0.6) is 17.2 Å². The van der Waals surface area contributed by atoms with Crippen LogP contribution in [0, 0.1) is 0 Å². The highest BCUT2D eigenvalue weighted by Gasteiger charge is 2.37. The van der Waals surface area contributed by atoms with Crippen LogP contribution in [0.15, 0.2) is 42.5 Å². The first-order valence-electron chi connectivity index (χ1n) is 11.2. The molecule has 34 heavy (non-hydrogen) atoms. The molecule has 2 N–H and O–H groups in total. The minimum Gasteiger partial charge on any atom is -0.493 e. The van der Waals surface area contributed by atoms with Crippen molar-refractivity contribution >= 4 is 23.3 Å². The van der Waals surface area contributed by atoms with Gasteiger partial charge in [-0.1, -0.05) is 25.1 Å². The summed E-state index contributed by atoms with van der Waals surface area (Å²) in [7, 11) is 3.15. The van der Waals surface area contributed by atoms with Crippen molar-refractivity contribution in [3.05, 3.63) is 48.2 Å². The van der Waals surface area contributed by atoms with Gasteiger partial charge in [0.15, 0.2) is 11.5 Å². The molecule has 0 saturated heterocycles. The van der Waals surface area contributed by atoms with Gasteiger partial charge in [-0.15, -0.1) is 0 Å². The Bertz CT molecular complexity index is 1220. The lowest BCUT2D eigenvalue weighted by Gasteiger charge is -2.13. The van der Waals surface area contributed by atoms with Crippen molar-refractivity contribution < 1.29 is 23.8 Å². The van der Waals surface area contributed by atoms with Crippen LogP contribution in [0.3, 0.4) is 0 Å². The summed E-state index contributed by atoms with van der Waals surface area (Å²) in [5.41, 5.74) is 3.02. The molecule has 9 heteroatoms. The predicted octanol–water partition coefficient (Wildman–Crippen LogP) is 4.05. The Labute approximate surface area is 198 Å². The van der Waals surface area contributed by atoms with Crippen LogP contribution < -0.4 is 24.8 Å². The third-order valence-corrected chi connectivity index (χ3v) is 5.67. The summed E-state index contributed by atoms with van der Waals surface area (Å²) in [4.78, 5) is 25.7. The Morgan fingerprint density at radius 1 is 1.09 bits per heavy atom. The van der Waals surface area contributed by atoms with E-state index in [0.717, 1.165) is 16.8 Å². The number of amides is 2. The minimum atomic E-state index is -0.756. The first-order valence-corrected chi connectivity index (χ1v) is 11.2. The minimum absolute atomic E-state index is 0.0600. The summed E-state index contributed by atoms with van der Waals surface area (Å²) >= 11 is 0. The van der Waals surface area contributed by atoms with Crippen LogP contribution in [0.2, 0.25) is 0 Å². The van der Waals surface area contributed by atoms with E-state index in [1.165, 1.54) is 0 Å². The zero-order chi connectivity index (χ0) is 24.2. The van der Waals surface area contributed by atoms with Gasteiger partial charge in [0.2, 0.25) is 5.91 Å². The molecule has 1 unspecified atom stereocenters. The topological polar surface area (TPSA) is 104 Å². The zero-order valence-electron chi connectivity index (χ0n) is 19.7. The first kappa shape index (κ1) is 23.2. The van der Waals surface area contributed by atoms with Gasteiger partial charge in [-0.25, -0.2) is 4.68 Å². The van der Waals surface area contributed by atoms with Gasteiger partial charge in [-0.05, 0) is 43.2 Å². The predicted molar refractivity (Wildman–Crippen MR) is 129 cm³/mol. The number of ether oxygens (including phenoxy) is 3. The van der Waals surface area contributed by atoms with Crippen molar-refractivity contribution in [1.29, 1.82) is 0 Å². The molecule has 4 rings (SSSR count). The maximum absolute atomic E-state index is 12.8. The molecule has 178 valence electrons. The highest BCUT2D eigenvalue weighted by molar-refractivity contribution is 6.04. The molecule has 0 spiro atoms. The molecule has 2 amide bonds. The zero-order valence-corrected chi connectivity index (χ0v) is 19.7. The summed E-state index contributed by atoms with van der Waals surface area (Å²) in [5, 5.41) is 10.5. The number of carbonyl (C=O) groups is 2. The summed E-state index contributed by atoms with van der Waals surface area (Å²) in [6.45, 7) is 4.35. The molecule has 9 nitrogen and oxygen atoms in total. The number of benzene rings is 2. The quantitative estimate of drug-likeness (QED) is 0.495. The number of fused-ring (bicyclic) bond motifs is 1. The lowest BCUT2D eigenvalue weighted by molar-refractivity contribution is -0.123. The molecule has 0 aliphatic carbocycles. The van der Waals surface area contributed by atoms with E-state index in [9.17, 15) is 9.59 Å². The maximum atomic E-state index is 12.8. The molecule has 0 bridgehead atoms. The van der Waals surface area contributed by atoms with Crippen LogP contribution in [0.25, 0.3) is 11.1 Å². The number of hydrogen-bond donors (Lipinski definition) is 2. The van der Waals surface area contributed by atoms with Gasteiger partial charge in [-0.3, -0.25) is 9.59 Å². The number of anilines is 2. The normalized spacial score (nSPS) is 14.4. The van der Waals surface area contributed by atoms with E-state index >= 15 is 0 Å². The molecule has 0 radical (unpaired) electrons. The second-order valence-corrected chi connectivity index (χ2v) is 7.72. The summed E-state index contributed by atoms with van der Waals surface area (Å²) in [6.07, 6.45) is 0.593. The van der Waals surface area contributed by atoms with Crippen molar-refractivity contribution in [3.63, 3.8) is 0 Å². The highest BCUT2D eigenvalue weighted by Crippen LogP contribution is 2.41. The molecular formula is C25H28N4O5. The molecule has 3 aromatic rings. The van der Waals surface area contributed by atoms with E-state index in [-0.39, 0.29) is 18.2 Å². The number of aromatic nitrogens is 2. The smallest absolute Gasteiger partial charge is 0.251 e. The second kappa shape index (κ2) is 9.86. The SMILES string of the molecule is CCOc1ccccc1NC(=O)CC1C(=O)Nc2c(-c3ccc(OC)c(OC)c3)c(CC)nn21. The van der Waals surface area contributed by atoms with Gasteiger partial charge in [0.1, 0.15) is 17.6 Å². The Morgan fingerprint density at radius 3 is 2.56 bits per heavy atom. The standard InChI is InChI=1S/C25H28N4O5/c1-5-16-23(15-11-12-20(32-3)21(13-15)33-4)24-27-25(31)18(29(24)28-16)14-22(30)26-17-9-7-8-10-19(17)34-6-2/h7-13,18H,5-6,14H2,1-4H3,(H,26,30)(H,27,31). The third kappa shape index (κ3) is 4.28. The largest absolute Gasteiger partial charge is 0.493 e. The fourth-order valence-corrected chi connectivity index (χ4v) is 4.09. The van der Waals surface area contributed by atoms with E-state index < -0.39 is 6.04 Å². The highest BCUT2D eigenvalue weighted by atomic mass is 16.5. The Balaban J connectivity index is 1.62. The lowest BCUT2D eigenvalue weighted by atomic mass is 10.0. The number of carbonyl (C=O) groups excluding carboxylic acids is 2. The van der Waals surface area contributed by atoms with Crippen molar-refractivity contribution in [1.82, 2.24) is 9.78 Å². The van der Waals surface area contributed by atoms with E-state index in [1.807, 2.05) is 44.2 Å². The van der Waals surface area contributed by atoms with Crippen LogP contribution >= 0.6 is 0 Å². The monoisotopic (exact) mass is 464 g/mol. The number of aryl methyl sites for hydroxylation is 1. The van der Waals surface area contributed by atoms with E-state index in [2.05, 4.69) is 15.7 Å². The Morgan fingerprint density at radius 2 is 1.85 bits per heavy atom. The first-order chi connectivity index (χ1) is 16.5. The van der Waals surface area contributed by atoms with Gasteiger partial charge < -0.3 is 24.8 Å². The van der Waals surface area contributed by atoms with Gasteiger partial charge >= 0.3 is 0 Å². The fourth-order valence-electron chi connectivity index (χ4n) is 4.09. The second-order valence-electron chi connectivity index (χ2n) is 7.72. The van der Waals surface area contributed by atoms with E-state index in [1.54, 1.807) is 31.0 Å². The van der Waals surface area contributed by atoms with Crippen LogP contribution in [0.4, 0.5) is 11.5 Å². The van der Waals surface area contributed by atoms with Gasteiger partial charge in [0.05, 0.1) is 38.6 Å². The van der Waals surface area contributed by atoms with Crippen LogP contribution in [0.1, 0.15) is 32.0 Å². The number of hydrogen-bond acceptors (Lipinski definition) is 6. The number of nitrogens with one attached hydrogen (secondary N) is 2. The van der Waals surface area contributed by atoms with E-state index in [4.69, 9.17) is 14.2 Å². The molecular weight excluding hydrogens is 436 g/mol. The van der Waals surface area contributed by atoms with Crippen LogP contribution in [-0.4, -0.2) is 42.4 Å². The molecule has 1 aliphatic heterocycles. The molecule has 1 aromatic heterocycles. The molecule has 1 aliphatic rings. The van der Waals surface area contributed by atoms with Crippen molar-refractivity contribution in [2.24, 2.45) is 0 Å². The van der Waals surface area contributed by atoms with Gasteiger partial charge in [0.25, 0.3) is 5.91 Å². The van der Waals surface area contributed by atoms with Gasteiger partial charge in [-0.2, -0.15) is 5.10 Å². The number of para-hydroxylation sites is 2. The third-order valence-electron chi connectivity index (χ3n) is 5.67. The van der Waals surface area contributed by atoms with Crippen molar-refractivity contribution in [2.75, 3.05) is 31.5 Å². The Hall–Kier alpha value is -4.01. The maximum Gasteiger partial charge on any atom is 0.251 e. The fraction of sp³-hybridized carbons (Fsp3) is 0.320. The average molecular weight is 465 g/mol. The molecule has 0 saturated carbocycles.